The third-order valence-corrected chi connectivity index (χ3v) is 3.12. The van der Waals surface area contributed by atoms with Crippen LogP contribution in [0.15, 0.2) is 0 Å². The maximum Gasteiger partial charge on any atom is 0.358 e. The molecule has 0 saturated heterocycles. The average Bonchev–Trinajstić information content (AvgIpc) is 2.88. The highest BCUT2D eigenvalue weighted by Crippen LogP contribution is 2.13. The number of aromatic carboxylic acids is 1. The van der Waals surface area contributed by atoms with Gasteiger partial charge in [-0.3, -0.25) is 0 Å². The number of hydrogen-bond donors (Lipinski definition) is 1. The van der Waals surface area contributed by atoms with Gasteiger partial charge >= 0.3 is 5.97 Å². The fourth-order valence-corrected chi connectivity index (χ4v) is 1.94. The Morgan fingerprint density at radius 1 is 1.30 bits per heavy atom. The monoisotopic (exact) mass is 278 g/mol. The molecule has 8 heteroatoms. The molecule has 0 bridgehead atoms. The molecule has 2 aromatic rings. The molecule has 0 aromatic carbocycles. The molecule has 0 radical (unpaired) electrons. The molecule has 108 valence electrons. The van der Waals surface area contributed by atoms with Crippen LogP contribution in [0.5, 0.6) is 0 Å². The molecule has 1 N–H and O–H groups in total. The molecule has 0 aliphatic heterocycles. The molecule has 0 amide bonds. The first-order chi connectivity index (χ1) is 9.40. The van der Waals surface area contributed by atoms with Crippen LogP contribution < -0.4 is 0 Å². The summed E-state index contributed by atoms with van der Waals surface area (Å²) in [5, 5.41) is 24.9. The summed E-state index contributed by atoms with van der Waals surface area (Å²) >= 11 is 0. The molecule has 2 aromatic heterocycles. The van der Waals surface area contributed by atoms with E-state index in [1.54, 1.807) is 4.68 Å². The van der Waals surface area contributed by atoms with Crippen LogP contribution >= 0.6 is 0 Å². The van der Waals surface area contributed by atoms with Gasteiger partial charge in [0.1, 0.15) is 12.4 Å². The van der Waals surface area contributed by atoms with Gasteiger partial charge in [0.2, 0.25) is 0 Å². The number of carboxylic acid groups (broad SMARTS) is 1. The maximum atomic E-state index is 11.2. The van der Waals surface area contributed by atoms with E-state index in [0.29, 0.717) is 30.4 Å². The van der Waals surface area contributed by atoms with Crippen molar-refractivity contribution in [3.05, 3.63) is 23.0 Å². The van der Waals surface area contributed by atoms with Crippen molar-refractivity contribution in [3.8, 4) is 0 Å². The van der Waals surface area contributed by atoms with Crippen LogP contribution in [0.3, 0.4) is 0 Å². The quantitative estimate of drug-likeness (QED) is 0.862. The molecule has 20 heavy (non-hydrogen) atoms. The maximum absolute atomic E-state index is 11.2. The highest BCUT2D eigenvalue weighted by Gasteiger charge is 2.21. The first-order valence-corrected chi connectivity index (χ1v) is 6.40. The van der Waals surface area contributed by atoms with E-state index in [1.807, 2.05) is 32.4 Å². The summed E-state index contributed by atoms with van der Waals surface area (Å²) in [5.74, 6) is 0.769. The lowest BCUT2D eigenvalue weighted by Crippen LogP contribution is -2.14. The van der Waals surface area contributed by atoms with Crippen molar-refractivity contribution in [1.82, 2.24) is 29.8 Å². The Morgan fingerprint density at radius 2 is 2.00 bits per heavy atom. The van der Waals surface area contributed by atoms with E-state index in [1.165, 1.54) is 0 Å². The van der Waals surface area contributed by atoms with Gasteiger partial charge in [0.15, 0.2) is 11.5 Å². The van der Waals surface area contributed by atoms with Crippen LogP contribution in [0.25, 0.3) is 0 Å². The van der Waals surface area contributed by atoms with E-state index in [4.69, 9.17) is 5.11 Å². The number of nitrogens with zero attached hydrogens (tertiary/aromatic N) is 6. The van der Waals surface area contributed by atoms with Crippen molar-refractivity contribution < 1.29 is 9.90 Å². The summed E-state index contributed by atoms with van der Waals surface area (Å²) in [6.45, 7) is 6.26. The zero-order valence-electron chi connectivity index (χ0n) is 12.0. The summed E-state index contributed by atoms with van der Waals surface area (Å²) in [7, 11) is 1.86. The van der Waals surface area contributed by atoms with Crippen molar-refractivity contribution in [1.29, 1.82) is 0 Å². The molecule has 0 atom stereocenters. The summed E-state index contributed by atoms with van der Waals surface area (Å²) < 4.78 is 3.44. The Kier molecular flexibility index (Phi) is 3.82. The minimum atomic E-state index is -1.05. The second-order valence-corrected chi connectivity index (χ2v) is 5.17. The summed E-state index contributed by atoms with van der Waals surface area (Å²) in [6, 6.07) is 0. The Bertz CT molecular complexity index is 628. The highest BCUT2D eigenvalue weighted by molar-refractivity contribution is 5.86. The fourth-order valence-electron chi connectivity index (χ4n) is 1.94. The van der Waals surface area contributed by atoms with Crippen molar-refractivity contribution in [2.75, 3.05) is 0 Å². The number of aryl methyl sites for hydroxylation is 1. The summed E-state index contributed by atoms with van der Waals surface area (Å²) in [6.07, 6.45) is 0.603. The molecule has 2 heterocycles. The van der Waals surface area contributed by atoms with Gasteiger partial charge in [-0.1, -0.05) is 19.1 Å². The SMILES string of the molecule is Cc1nnc(Cn2nnc(C(=O)O)c2CC(C)C)n1C. The first kappa shape index (κ1) is 14.2. The number of aromatic nitrogens is 6. The van der Waals surface area contributed by atoms with Crippen molar-refractivity contribution in [2.45, 2.75) is 33.7 Å². The second kappa shape index (κ2) is 5.40. The minimum Gasteiger partial charge on any atom is -0.476 e. The molecule has 2 rings (SSSR count). The van der Waals surface area contributed by atoms with Crippen LogP contribution in [0.4, 0.5) is 0 Å². The normalized spacial score (nSPS) is 11.2. The number of rotatable bonds is 5. The Labute approximate surface area is 116 Å². The van der Waals surface area contributed by atoms with E-state index in [9.17, 15) is 4.79 Å². The van der Waals surface area contributed by atoms with Crippen molar-refractivity contribution >= 4 is 5.97 Å². The van der Waals surface area contributed by atoms with Crippen LogP contribution in [0, 0.1) is 12.8 Å². The summed E-state index contributed by atoms with van der Waals surface area (Å²) in [5.41, 5.74) is 0.630. The second-order valence-electron chi connectivity index (χ2n) is 5.17. The zero-order chi connectivity index (χ0) is 14.9. The van der Waals surface area contributed by atoms with Crippen LogP contribution in [-0.2, 0) is 20.0 Å². The third kappa shape index (κ3) is 2.68. The Hall–Kier alpha value is -2.25. The summed E-state index contributed by atoms with van der Waals surface area (Å²) in [4.78, 5) is 11.2. The van der Waals surface area contributed by atoms with Gasteiger partial charge < -0.3 is 9.67 Å². The molecule has 0 saturated carbocycles. The number of carboxylic acids is 1. The molecule has 0 aliphatic carbocycles. The molecule has 0 fully saturated rings. The Balaban J connectivity index is 2.36. The van der Waals surface area contributed by atoms with Gasteiger partial charge in [-0.05, 0) is 19.3 Å². The lowest BCUT2D eigenvalue weighted by atomic mass is 10.1. The predicted octanol–water partition coefficient (Wildman–Crippen LogP) is 0.660. The number of carbonyl (C=O) groups is 1. The molecule has 8 nitrogen and oxygen atoms in total. The minimum absolute atomic E-state index is 0.0117. The van der Waals surface area contributed by atoms with E-state index in [2.05, 4.69) is 20.5 Å². The van der Waals surface area contributed by atoms with Crippen LogP contribution in [0.2, 0.25) is 0 Å². The lowest BCUT2D eigenvalue weighted by Gasteiger charge is -2.09. The van der Waals surface area contributed by atoms with Gasteiger partial charge in [0.05, 0.1) is 5.69 Å². The first-order valence-electron chi connectivity index (χ1n) is 6.40. The smallest absolute Gasteiger partial charge is 0.358 e. The molecule has 0 unspecified atom stereocenters. The van der Waals surface area contributed by atoms with Crippen molar-refractivity contribution in [3.63, 3.8) is 0 Å². The van der Waals surface area contributed by atoms with Crippen LogP contribution in [0.1, 0.15) is 41.7 Å². The van der Waals surface area contributed by atoms with E-state index >= 15 is 0 Å². The molecule has 0 aliphatic rings. The largest absolute Gasteiger partial charge is 0.476 e. The third-order valence-electron chi connectivity index (χ3n) is 3.12. The van der Waals surface area contributed by atoms with E-state index in [0.717, 1.165) is 5.82 Å². The van der Waals surface area contributed by atoms with Crippen LogP contribution in [-0.4, -0.2) is 40.8 Å². The Morgan fingerprint density at radius 3 is 2.50 bits per heavy atom. The standard InChI is InChI=1S/C12H18N6O2/c1-7(2)5-9-11(12(19)20)15-16-18(9)6-10-14-13-8(3)17(10)4/h7H,5-6H2,1-4H3,(H,19,20). The molecule has 0 spiro atoms. The fraction of sp³-hybridized carbons (Fsp3) is 0.583. The van der Waals surface area contributed by atoms with Gasteiger partial charge in [0, 0.05) is 7.05 Å². The predicted molar refractivity (Wildman–Crippen MR) is 70.4 cm³/mol. The topological polar surface area (TPSA) is 98.7 Å². The average molecular weight is 278 g/mol. The van der Waals surface area contributed by atoms with E-state index in [-0.39, 0.29) is 5.69 Å². The van der Waals surface area contributed by atoms with Gasteiger partial charge in [0.25, 0.3) is 0 Å². The van der Waals surface area contributed by atoms with Gasteiger partial charge in [-0.15, -0.1) is 15.3 Å². The van der Waals surface area contributed by atoms with E-state index < -0.39 is 5.97 Å². The molecular weight excluding hydrogens is 260 g/mol. The van der Waals surface area contributed by atoms with Gasteiger partial charge in [-0.25, -0.2) is 9.48 Å². The zero-order valence-corrected chi connectivity index (χ0v) is 12.0. The molecular formula is C12H18N6O2. The highest BCUT2D eigenvalue weighted by atomic mass is 16.4. The van der Waals surface area contributed by atoms with Gasteiger partial charge in [-0.2, -0.15) is 0 Å². The lowest BCUT2D eigenvalue weighted by molar-refractivity contribution is 0.0689. The number of hydrogen-bond acceptors (Lipinski definition) is 5. The van der Waals surface area contributed by atoms with Crippen molar-refractivity contribution in [2.24, 2.45) is 13.0 Å².